The highest BCUT2D eigenvalue weighted by molar-refractivity contribution is 7.92. The summed E-state index contributed by atoms with van der Waals surface area (Å²) in [6.45, 7) is 1.34. The predicted molar refractivity (Wildman–Crippen MR) is 96.8 cm³/mol. The van der Waals surface area contributed by atoms with Crippen molar-refractivity contribution in [3.63, 3.8) is 0 Å². The molecule has 0 aliphatic carbocycles. The Morgan fingerprint density at radius 3 is 2.56 bits per heavy atom. The van der Waals surface area contributed by atoms with Gasteiger partial charge in [0, 0.05) is 18.1 Å². The molecule has 132 valence electrons. The van der Waals surface area contributed by atoms with Crippen LogP contribution in [0.2, 0.25) is 0 Å². The molecule has 0 atom stereocenters. The molecule has 1 amide bonds. The summed E-state index contributed by atoms with van der Waals surface area (Å²) >= 11 is 0. The normalized spacial score (nSPS) is 11.8. The van der Waals surface area contributed by atoms with E-state index < -0.39 is 21.7 Å². The van der Waals surface area contributed by atoms with Crippen molar-refractivity contribution in [2.24, 2.45) is 0 Å². The van der Waals surface area contributed by atoms with Crippen LogP contribution in [-0.4, -0.2) is 32.2 Å². The van der Waals surface area contributed by atoms with Gasteiger partial charge >= 0.3 is 0 Å². The molecule has 2 aromatic rings. The molecule has 0 aromatic heterocycles. The third-order valence-corrected chi connectivity index (χ3v) is 4.98. The maximum atomic E-state index is 13.2. The summed E-state index contributed by atoms with van der Waals surface area (Å²) in [5.74, 6) is -1.03. The fourth-order valence-electron chi connectivity index (χ4n) is 2.04. The number of aryl methyl sites for hydroxylation is 1. The minimum absolute atomic E-state index is 0.315. The zero-order valence-electron chi connectivity index (χ0n) is 13.9. The van der Waals surface area contributed by atoms with Gasteiger partial charge in [-0.1, -0.05) is 36.4 Å². The summed E-state index contributed by atoms with van der Waals surface area (Å²) in [7, 11) is -2.44. The average molecular weight is 362 g/mol. The number of amides is 1. The van der Waals surface area contributed by atoms with Gasteiger partial charge in [-0.05, 0) is 36.3 Å². The van der Waals surface area contributed by atoms with Gasteiger partial charge in [0.25, 0.3) is 0 Å². The number of anilines is 1. The fourth-order valence-corrected chi connectivity index (χ4v) is 2.88. The van der Waals surface area contributed by atoms with Gasteiger partial charge in [-0.3, -0.25) is 4.79 Å². The van der Waals surface area contributed by atoms with Crippen molar-refractivity contribution in [3.8, 4) is 0 Å². The molecule has 0 heterocycles. The highest BCUT2D eigenvalue weighted by atomic mass is 32.2. The second kappa shape index (κ2) is 8.04. The number of benzene rings is 2. The maximum absolute atomic E-state index is 13.2. The number of likely N-dealkylation sites (N-methyl/N-ethyl adjacent to an activating group) is 1. The quantitative estimate of drug-likeness (QED) is 0.859. The monoisotopic (exact) mass is 362 g/mol. The van der Waals surface area contributed by atoms with Crippen LogP contribution in [0.15, 0.2) is 53.9 Å². The zero-order valence-corrected chi connectivity index (χ0v) is 14.8. The Kier molecular flexibility index (Phi) is 6.06. The highest BCUT2D eigenvalue weighted by Crippen LogP contribution is 2.16. The van der Waals surface area contributed by atoms with Crippen molar-refractivity contribution in [2.75, 3.05) is 18.9 Å². The number of carbonyl (C=O) groups is 1. The molecule has 0 spiro atoms. The van der Waals surface area contributed by atoms with E-state index >= 15 is 0 Å². The lowest BCUT2D eigenvalue weighted by Crippen LogP contribution is -2.33. The van der Waals surface area contributed by atoms with Crippen LogP contribution in [0.3, 0.4) is 0 Å². The molecule has 0 bridgehead atoms. The Labute approximate surface area is 146 Å². The number of nitrogens with one attached hydrogen (secondary N) is 1. The second-order valence-electron chi connectivity index (χ2n) is 5.52. The molecule has 2 rings (SSSR count). The Morgan fingerprint density at radius 2 is 1.88 bits per heavy atom. The van der Waals surface area contributed by atoms with E-state index in [1.807, 2.05) is 6.07 Å². The van der Waals surface area contributed by atoms with Crippen LogP contribution in [-0.2, 0) is 14.8 Å². The van der Waals surface area contributed by atoms with Crippen molar-refractivity contribution >= 4 is 27.7 Å². The third kappa shape index (κ3) is 5.51. The van der Waals surface area contributed by atoms with Crippen LogP contribution < -0.4 is 5.32 Å². The molecule has 2 aromatic carbocycles. The van der Waals surface area contributed by atoms with Crippen molar-refractivity contribution in [1.82, 2.24) is 4.31 Å². The largest absolute Gasteiger partial charge is 0.325 e. The van der Waals surface area contributed by atoms with Crippen LogP contribution in [0.5, 0.6) is 0 Å². The molecule has 0 fully saturated rings. The van der Waals surface area contributed by atoms with Crippen molar-refractivity contribution in [1.29, 1.82) is 0 Å². The van der Waals surface area contributed by atoms with Gasteiger partial charge in [0.1, 0.15) is 5.82 Å². The summed E-state index contributed by atoms with van der Waals surface area (Å²) < 4.78 is 38.6. The van der Waals surface area contributed by atoms with E-state index in [1.54, 1.807) is 31.2 Å². The van der Waals surface area contributed by atoms with E-state index in [0.29, 0.717) is 11.3 Å². The number of rotatable bonds is 6. The van der Waals surface area contributed by atoms with Crippen LogP contribution in [0.4, 0.5) is 10.1 Å². The Morgan fingerprint density at radius 1 is 1.20 bits per heavy atom. The molecule has 1 N–H and O–H groups in total. The molecule has 5 nitrogen and oxygen atoms in total. The van der Waals surface area contributed by atoms with E-state index in [-0.39, 0.29) is 6.54 Å². The van der Waals surface area contributed by atoms with Gasteiger partial charge in [-0.15, -0.1) is 0 Å². The standard InChI is InChI=1S/C18H19FN2O3S/c1-14-8-9-16(19)12-17(14)20-18(22)13-21(2)25(23,24)11-10-15-6-4-3-5-7-15/h3-12H,13H2,1-2H3,(H,20,22). The molecular weight excluding hydrogens is 343 g/mol. The van der Waals surface area contributed by atoms with Crippen LogP contribution >= 0.6 is 0 Å². The third-order valence-electron chi connectivity index (χ3n) is 3.51. The molecule has 0 saturated heterocycles. The first kappa shape index (κ1) is 18.8. The topological polar surface area (TPSA) is 66.5 Å². The average Bonchev–Trinajstić information content (AvgIpc) is 2.57. The van der Waals surface area contributed by atoms with Gasteiger partial charge in [-0.25, -0.2) is 12.8 Å². The van der Waals surface area contributed by atoms with Crippen molar-refractivity contribution < 1.29 is 17.6 Å². The summed E-state index contributed by atoms with van der Waals surface area (Å²) in [5.41, 5.74) is 1.74. The van der Waals surface area contributed by atoms with Gasteiger partial charge < -0.3 is 5.32 Å². The second-order valence-corrected chi connectivity index (χ2v) is 7.45. The van der Waals surface area contributed by atoms with E-state index in [4.69, 9.17) is 0 Å². The number of hydrogen-bond acceptors (Lipinski definition) is 3. The van der Waals surface area contributed by atoms with Gasteiger partial charge in [0.05, 0.1) is 6.54 Å². The first-order valence-electron chi connectivity index (χ1n) is 7.53. The number of halogens is 1. The van der Waals surface area contributed by atoms with Crippen LogP contribution in [0.1, 0.15) is 11.1 Å². The molecule has 0 aliphatic heterocycles. The molecule has 0 unspecified atom stereocenters. The number of nitrogens with zero attached hydrogens (tertiary/aromatic N) is 1. The molecule has 7 heteroatoms. The fraction of sp³-hybridized carbons (Fsp3) is 0.167. The van der Waals surface area contributed by atoms with E-state index in [2.05, 4.69) is 5.32 Å². The molecule has 25 heavy (non-hydrogen) atoms. The molecule has 0 saturated carbocycles. The van der Waals surface area contributed by atoms with E-state index in [9.17, 15) is 17.6 Å². The van der Waals surface area contributed by atoms with Crippen LogP contribution in [0, 0.1) is 12.7 Å². The van der Waals surface area contributed by atoms with Gasteiger partial charge in [0.2, 0.25) is 15.9 Å². The first-order valence-corrected chi connectivity index (χ1v) is 9.04. The molecular formula is C18H19FN2O3S. The van der Waals surface area contributed by atoms with Crippen LogP contribution in [0.25, 0.3) is 6.08 Å². The maximum Gasteiger partial charge on any atom is 0.239 e. The summed E-state index contributed by atoms with van der Waals surface area (Å²) in [6.07, 6.45) is 1.46. The summed E-state index contributed by atoms with van der Waals surface area (Å²) in [5, 5.41) is 3.56. The smallest absolute Gasteiger partial charge is 0.239 e. The zero-order chi connectivity index (χ0) is 18.4. The van der Waals surface area contributed by atoms with Gasteiger partial charge in [-0.2, -0.15) is 4.31 Å². The Hall–Kier alpha value is -2.51. The molecule has 0 radical (unpaired) electrons. The lowest BCUT2D eigenvalue weighted by molar-refractivity contribution is -0.116. The highest BCUT2D eigenvalue weighted by Gasteiger charge is 2.18. The SMILES string of the molecule is Cc1ccc(F)cc1NC(=O)CN(C)S(=O)(=O)C=Cc1ccccc1. The minimum Gasteiger partial charge on any atom is -0.325 e. The minimum atomic E-state index is -3.75. The van der Waals surface area contributed by atoms with Crippen molar-refractivity contribution in [3.05, 3.63) is 70.9 Å². The number of hydrogen-bond donors (Lipinski definition) is 1. The Balaban J connectivity index is 2.02. The summed E-state index contributed by atoms with van der Waals surface area (Å²) in [6, 6.07) is 13.0. The molecule has 0 aliphatic rings. The number of carbonyl (C=O) groups excluding carboxylic acids is 1. The Bertz CT molecular complexity index is 880. The van der Waals surface area contributed by atoms with E-state index in [0.717, 1.165) is 15.3 Å². The van der Waals surface area contributed by atoms with E-state index in [1.165, 1.54) is 31.3 Å². The lowest BCUT2D eigenvalue weighted by atomic mass is 10.2. The van der Waals surface area contributed by atoms with Gasteiger partial charge in [0.15, 0.2) is 0 Å². The summed E-state index contributed by atoms with van der Waals surface area (Å²) in [4.78, 5) is 12.0. The predicted octanol–water partition coefficient (Wildman–Crippen LogP) is 3.01. The number of sulfonamides is 1. The first-order chi connectivity index (χ1) is 11.8. The lowest BCUT2D eigenvalue weighted by Gasteiger charge is -2.15. The van der Waals surface area contributed by atoms with Crippen molar-refractivity contribution in [2.45, 2.75) is 6.92 Å².